The molecule has 4 heteroatoms. The van der Waals surface area contributed by atoms with Crippen LogP contribution in [0.4, 0.5) is 0 Å². The minimum absolute atomic E-state index is 0.196. The normalized spacial score (nSPS) is 15.3. The zero-order valence-corrected chi connectivity index (χ0v) is 12.3. The van der Waals surface area contributed by atoms with Gasteiger partial charge in [-0.3, -0.25) is 0 Å². The van der Waals surface area contributed by atoms with Crippen LogP contribution in [0.3, 0.4) is 0 Å². The second kappa shape index (κ2) is 8.79. The van der Waals surface area contributed by atoms with Crippen molar-refractivity contribution in [2.24, 2.45) is 5.41 Å². The van der Waals surface area contributed by atoms with Crippen molar-refractivity contribution in [3.05, 3.63) is 0 Å². The Kier molecular flexibility index (Phi) is 8.67. The molecule has 0 radical (unpaired) electrons. The molecule has 0 aliphatic heterocycles. The molecule has 0 bridgehead atoms. The number of aliphatic hydroxyl groups is 1. The molecule has 0 rings (SSSR count). The number of hydrogen-bond acceptors (Lipinski definition) is 4. The summed E-state index contributed by atoms with van der Waals surface area (Å²) in [6, 6.07) is 2.65. The van der Waals surface area contributed by atoms with E-state index in [0.717, 1.165) is 25.8 Å². The lowest BCUT2D eigenvalue weighted by molar-refractivity contribution is 0.275. The third kappa shape index (κ3) is 7.64. The van der Waals surface area contributed by atoms with Gasteiger partial charge in [0.2, 0.25) is 0 Å². The molecule has 0 aliphatic carbocycles. The average Bonchev–Trinajstić information content (AvgIpc) is 2.30. The number of nitrogens with zero attached hydrogens (tertiary/aromatic N) is 1. The molecule has 0 heterocycles. The molecule has 0 amide bonds. The van der Waals surface area contributed by atoms with Crippen LogP contribution in [0, 0.1) is 16.7 Å². The lowest BCUT2D eigenvalue weighted by Gasteiger charge is -2.21. The highest BCUT2D eigenvalue weighted by atomic mass is 32.2. The summed E-state index contributed by atoms with van der Waals surface area (Å²) < 4.78 is 0. The fraction of sp³-hybridized carbons (Fsp3) is 0.923. The van der Waals surface area contributed by atoms with Crippen molar-refractivity contribution in [1.82, 2.24) is 5.32 Å². The van der Waals surface area contributed by atoms with E-state index in [-0.39, 0.29) is 17.3 Å². The van der Waals surface area contributed by atoms with Gasteiger partial charge in [-0.05, 0) is 46.4 Å². The van der Waals surface area contributed by atoms with Crippen molar-refractivity contribution in [2.45, 2.75) is 51.3 Å². The summed E-state index contributed by atoms with van der Waals surface area (Å²) in [5, 5.41) is 21.7. The average molecular weight is 258 g/mol. The number of nitriles is 1. The summed E-state index contributed by atoms with van der Waals surface area (Å²) in [5.41, 5.74) is -0.196. The molecule has 2 N–H and O–H groups in total. The predicted octanol–water partition coefficient (Wildman–Crippen LogP) is 2.41. The first-order chi connectivity index (χ1) is 7.96. The van der Waals surface area contributed by atoms with Crippen LogP contribution in [0.25, 0.3) is 0 Å². The van der Waals surface area contributed by atoms with Gasteiger partial charge in [-0.25, -0.2) is 0 Å². The van der Waals surface area contributed by atoms with E-state index >= 15 is 0 Å². The highest BCUT2D eigenvalue weighted by molar-refractivity contribution is 7.99. The lowest BCUT2D eigenvalue weighted by Crippen LogP contribution is -2.38. The largest absolute Gasteiger partial charge is 0.395 e. The van der Waals surface area contributed by atoms with Gasteiger partial charge in [0.15, 0.2) is 0 Å². The van der Waals surface area contributed by atoms with Crippen LogP contribution in [0.1, 0.15) is 40.0 Å². The Morgan fingerprint density at radius 2 is 2.06 bits per heavy atom. The first-order valence-corrected chi connectivity index (χ1v) is 7.54. The Labute approximate surface area is 110 Å². The fourth-order valence-electron chi connectivity index (χ4n) is 1.65. The minimum Gasteiger partial charge on any atom is -0.395 e. The highest BCUT2D eigenvalue weighted by Gasteiger charge is 2.16. The number of nitrogens with one attached hydrogen (secondary N) is 1. The Morgan fingerprint density at radius 3 is 2.53 bits per heavy atom. The first-order valence-electron chi connectivity index (χ1n) is 6.25. The number of aliphatic hydroxyl groups excluding tert-OH is 1. The maximum Gasteiger partial charge on any atom is 0.0683 e. The van der Waals surface area contributed by atoms with Gasteiger partial charge in [0, 0.05) is 11.3 Å². The molecule has 0 aromatic heterocycles. The van der Waals surface area contributed by atoms with Crippen LogP contribution in [0.15, 0.2) is 0 Å². The zero-order chi connectivity index (χ0) is 13.3. The SMILES string of the molecule is CSC(CO)C(C)NCCCCC(C)(C)C#N. The van der Waals surface area contributed by atoms with Gasteiger partial charge < -0.3 is 10.4 Å². The Balaban J connectivity index is 3.62. The van der Waals surface area contributed by atoms with E-state index in [9.17, 15) is 0 Å². The molecule has 0 saturated carbocycles. The number of rotatable bonds is 9. The summed E-state index contributed by atoms with van der Waals surface area (Å²) >= 11 is 1.69. The maximum absolute atomic E-state index is 9.14. The number of unbranched alkanes of at least 4 members (excludes halogenated alkanes) is 1. The predicted molar refractivity (Wildman–Crippen MR) is 75.1 cm³/mol. The first kappa shape index (κ1) is 16.8. The maximum atomic E-state index is 9.14. The monoisotopic (exact) mass is 258 g/mol. The van der Waals surface area contributed by atoms with E-state index in [1.165, 1.54) is 0 Å². The van der Waals surface area contributed by atoms with Crippen molar-refractivity contribution in [2.75, 3.05) is 19.4 Å². The zero-order valence-electron chi connectivity index (χ0n) is 11.5. The molecule has 0 aliphatic rings. The molecule has 0 spiro atoms. The van der Waals surface area contributed by atoms with Crippen molar-refractivity contribution >= 4 is 11.8 Å². The molecule has 3 nitrogen and oxygen atoms in total. The summed E-state index contributed by atoms with van der Waals surface area (Å²) in [6.07, 6.45) is 5.13. The lowest BCUT2D eigenvalue weighted by atomic mass is 9.89. The van der Waals surface area contributed by atoms with Crippen LogP contribution in [-0.4, -0.2) is 35.8 Å². The third-order valence-corrected chi connectivity index (χ3v) is 4.20. The third-order valence-electron chi connectivity index (χ3n) is 3.04. The summed E-state index contributed by atoms with van der Waals surface area (Å²) in [4.78, 5) is 0. The van der Waals surface area contributed by atoms with Gasteiger partial charge in [-0.1, -0.05) is 6.42 Å². The summed E-state index contributed by atoms with van der Waals surface area (Å²) in [7, 11) is 0. The summed E-state index contributed by atoms with van der Waals surface area (Å²) in [5.74, 6) is 0. The van der Waals surface area contributed by atoms with Gasteiger partial charge in [-0.15, -0.1) is 0 Å². The standard InChI is InChI=1S/C13H26N2OS/c1-11(12(9-16)17-4)15-8-6-5-7-13(2,3)10-14/h11-12,15-16H,5-9H2,1-4H3. The molecule has 0 saturated heterocycles. The smallest absolute Gasteiger partial charge is 0.0683 e. The van der Waals surface area contributed by atoms with Crippen LogP contribution < -0.4 is 5.32 Å². The molecule has 17 heavy (non-hydrogen) atoms. The van der Waals surface area contributed by atoms with Gasteiger partial charge in [0.05, 0.1) is 18.1 Å². The van der Waals surface area contributed by atoms with Crippen LogP contribution in [0.5, 0.6) is 0 Å². The molecule has 0 aromatic carbocycles. The molecule has 2 unspecified atom stereocenters. The van der Waals surface area contributed by atoms with E-state index in [0.29, 0.717) is 6.04 Å². The van der Waals surface area contributed by atoms with Crippen molar-refractivity contribution < 1.29 is 5.11 Å². The minimum atomic E-state index is -0.196. The highest BCUT2D eigenvalue weighted by Crippen LogP contribution is 2.21. The van der Waals surface area contributed by atoms with Crippen LogP contribution in [-0.2, 0) is 0 Å². The molecule has 100 valence electrons. The molecule has 0 aromatic rings. The second-order valence-corrected chi connectivity index (χ2v) is 6.23. The molecule has 2 atom stereocenters. The molecule has 0 fully saturated rings. The molecular weight excluding hydrogens is 232 g/mol. The Morgan fingerprint density at radius 1 is 1.41 bits per heavy atom. The van der Waals surface area contributed by atoms with E-state index in [4.69, 9.17) is 10.4 Å². The van der Waals surface area contributed by atoms with E-state index in [1.807, 2.05) is 20.1 Å². The Bertz CT molecular complexity index is 234. The fourth-order valence-corrected chi connectivity index (χ4v) is 2.30. The summed E-state index contributed by atoms with van der Waals surface area (Å²) in [6.45, 7) is 7.25. The van der Waals surface area contributed by atoms with E-state index < -0.39 is 0 Å². The topological polar surface area (TPSA) is 56.0 Å². The van der Waals surface area contributed by atoms with Gasteiger partial charge in [0.25, 0.3) is 0 Å². The molecular formula is C13H26N2OS. The van der Waals surface area contributed by atoms with Crippen LogP contribution >= 0.6 is 11.8 Å². The Hall–Kier alpha value is -0.240. The van der Waals surface area contributed by atoms with Crippen molar-refractivity contribution in [1.29, 1.82) is 5.26 Å². The van der Waals surface area contributed by atoms with Crippen LogP contribution in [0.2, 0.25) is 0 Å². The second-order valence-electron chi connectivity index (χ2n) is 5.15. The number of hydrogen-bond donors (Lipinski definition) is 2. The van der Waals surface area contributed by atoms with E-state index in [2.05, 4.69) is 18.3 Å². The van der Waals surface area contributed by atoms with Crippen molar-refractivity contribution in [3.63, 3.8) is 0 Å². The van der Waals surface area contributed by atoms with Gasteiger partial charge in [-0.2, -0.15) is 17.0 Å². The van der Waals surface area contributed by atoms with E-state index in [1.54, 1.807) is 11.8 Å². The quantitative estimate of drug-likeness (QED) is 0.624. The van der Waals surface area contributed by atoms with Gasteiger partial charge in [0.1, 0.15) is 0 Å². The van der Waals surface area contributed by atoms with Crippen molar-refractivity contribution in [3.8, 4) is 6.07 Å². The van der Waals surface area contributed by atoms with Gasteiger partial charge >= 0.3 is 0 Å². The number of thioether (sulfide) groups is 1.